The summed E-state index contributed by atoms with van der Waals surface area (Å²) in [6.07, 6.45) is 23.2. The fourth-order valence-corrected chi connectivity index (χ4v) is 5.20. The Morgan fingerprint density at radius 3 is 1.31 bits per heavy atom. The topological polar surface area (TPSA) is 36.9 Å². The van der Waals surface area contributed by atoms with Crippen LogP contribution in [0, 0.1) is 0 Å². The van der Waals surface area contributed by atoms with Gasteiger partial charge in [0.2, 0.25) is 0 Å². The molecule has 2 aromatic rings. The molecule has 42 heavy (non-hydrogen) atoms. The van der Waals surface area contributed by atoms with Gasteiger partial charge in [0.25, 0.3) is 0 Å². The van der Waals surface area contributed by atoms with Crippen LogP contribution in [0.1, 0.15) is 123 Å². The van der Waals surface area contributed by atoms with E-state index in [4.69, 9.17) is 18.9 Å². The molecule has 0 unspecified atom stereocenters. The lowest BCUT2D eigenvalue weighted by Crippen LogP contribution is -2.17. The minimum Gasteiger partial charge on any atom is -0.494 e. The van der Waals surface area contributed by atoms with Crippen LogP contribution in [0.2, 0.25) is 0 Å². The van der Waals surface area contributed by atoms with E-state index in [-0.39, 0.29) is 6.29 Å². The lowest BCUT2D eigenvalue weighted by Gasteiger charge is -2.16. The lowest BCUT2D eigenvalue weighted by atomic mass is 10.1. The molecule has 0 fully saturated rings. The summed E-state index contributed by atoms with van der Waals surface area (Å²) in [5, 5.41) is 0. The van der Waals surface area contributed by atoms with Crippen molar-refractivity contribution in [3.63, 3.8) is 0 Å². The SMILES string of the molecule is C=CCCCCCCCCCOc1ccc(-c2ccc(OCCCCCCCCCCC(OCC)OCC)cc2)cc1. The molecule has 0 amide bonds. The highest BCUT2D eigenvalue weighted by Gasteiger charge is 2.07. The van der Waals surface area contributed by atoms with Crippen LogP contribution < -0.4 is 9.47 Å². The van der Waals surface area contributed by atoms with Crippen molar-refractivity contribution in [1.29, 1.82) is 0 Å². The Bertz CT molecular complexity index is 871. The first-order valence-electron chi connectivity index (χ1n) is 17.1. The standard InChI is InChI=1S/C38H60O4/c1-4-7-8-9-10-12-15-18-21-32-41-36-28-24-34(25-29-36)35-26-30-37(31-27-35)42-33-22-19-16-13-11-14-17-20-23-38(39-5-2)40-6-3/h4,24-31,38H,1,5-23,32-33H2,2-3H3. The van der Waals surface area contributed by atoms with Gasteiger partial charge in [0.15, 0.2) is 6.29 Å². The Labute approximate surface area is 258 Å². The summed E-state index contributed by atoms with van der Waals surface area (Å²) < 4.78 is 23.2. The van der Waals surface area contributed by atoms with Crippen molar-refractivity contribution in [3.05, 3.63) is 61.2 Å². The van der Waals surface area contributed by atoms with Gasteiger partial charge in [-0.3, -0.25) is 0 Å². The Morgan fingerprint density at radius 1 is 0.524 bits per heavy atom. The molecule has 0 heterocycles. The Morgan fingerprint density at radius 2 is 0.905 bits per heavy atom. The summed E-state index contributed by atoms with van der Waals surface area (Å²) in [7, 11) is 0. The minimum absolute atomic E-state index is 0.0137. The molecule has 4 nitrogen and oxygen atoms in total. The third-order valence-electron chi connectivity index (χ3n) is 7.67. The van der Waals surface area contributed by atoms with Crippen LogP contribution in [-0.4, -0.2) is 32.7 Å². The molecule has 4 heteroatoms. The smallest absolute Gasteiger partial charge is 0.157 e. The molecule has 0 spiro atoms. The summed E-state index contributed by atoms with van der Waals surface area (Å²) >= 11 is 0. The maximum atomic E-state index is 5.99. The molecule has 0 radical (unpaired) electrons. The largest absolute Gasteiger partial charge is 0.494 e. The van der Waals surface area contributed by atoms with Crippen LogP contribution in [0.25, 0.3) is 11.1 Å². The van der Waals surface area contributed by atoms with Crippen LogP contribution >= 0.6 is 0 Å². The quantitative estimate of drug-likeness (QED) is 0.0570. The molecule has 0 bridgehead atoms. The molecule has 0 aliphatic rings. The Balaban J connectivity index is 1.48. The van der Waals surface area contributed by atoms with Gasteiger partial charge in [0, 0.05) is 13.2 Å². The monoisotopic (exact) mass is 580 g/mol. The normalized spacial score (nSPS) is 11.2. The van der Waals surface area contributed by atoms with Gasteiger partial charge in [-0.2, -0.15) is 0 Å². The second-order valence-corrected chi connectivity index (χ2v) is 11.3. The van der Waals surface area contributed by atoms with Crippen molar-refractivity contribution in [3.8, 4) is 22.6 Å². The highest BCUT2D eigenvalue weighted by atomic mass is 16.7. The van der Waals surface area contributed by atoms with Crippen molar-refractivity contribution in [2.75, 3.05) is 26.4 Å². The maximum Gasteiger partial charge on any atom is 0.157 e. The highest BCUT2D eigenvalue weighted by molar-refractivity contribution is 5.64. The predicted molar refractivity (Wildman–Crippen MR) is 179 cm³/mol. The van der Waals surface area contributed by atoms with Gasteiger partial charge in [-0.05, 0) is 87.8 Å². The van der Waals surface area contributed by atoms with Crippen molar-refractivity contribution >= 4 is 0 Å². The Hall–Kier alpha value is -2.30. The molecule has 0 atom stereocenters. The Kier molecular flexibility index (Phi) is 21.6. The molecule has 0 saturated carbocycles. The fourth-order valence-electron chi connectivity index (χ4n) is 5.20. The van der Waals surface area contributed by atoms with Crippen LogP contribution in [-0.2, 0) is 9.47 Å². The molecule has 2 aromatic carbocycles. The summed E-state index contributed by atoms with van der Waals surface area (Å²) in [4.78, 5) is 0. The lowest BCUT2D eigenvalue weighted by molar-refractivity contribution is -0.140. The predicted octanol–water partition coefficient (Wildman–Crippen LogP) is 11.3. The van der Waals surface area contributed by atoms with Crippen LogP contribution in [0.3, 0.4) is 0 Å². The minimum atomic E-state index is -0.0137. The van der Waals surface area contributed by atoms with Crippen molar-refractivity contribution < 1.29 is 18.9 Å². The number of ether oxygens (including phenoxy) is 4. The number of unbranched alkanes of at least 4 members (excludes halogenated alkanes) is 14. The average Bonchev–Trinajstić information content (AvgIpc) is 3.01. The average molecular weight is 581 g/mol. The van der Waals surface area contributed by atoms with Crippen molar-refractivity contribution in [1.82, 2.24) is 0 Å². The molecular weight excluding hydrogens is 520 g/mol. The van der Waals surface area contributed by atoms with E-state index in [1.165, 1.54) is 94.6 Å². The molecule has 0 N–H and O–H groups in total. The van der Waals surface area contributed by atoms with Gasteiger partial charge in [0.1, 0.15) is 11.5 Å². The summed E-state index contributed by atoms with van der Waals surface area (Å²) in [5.41, 5.74) is 2.40. The van der Waals surface area contributed by atoms with E-state index >= 15 is 0 Å². The molecule has 0 aromatic heterocycles. The molecule has 0 aliphatic heterocycles. The van der Waals surface area contributed by atoms with Gasteiger partial charge in [-0.25, -0.2) is 0 Å². The molecule has 236 valence electrons. The summed E-state index contributed by atoms with van der Waals surface area (Å²) in [5.74, 6) is 1.91. The summed E-state index contributed by atoms with van der Waals surface area (Å²) in [6, 6.07) is 16.9. The van der Waals surface area contributed by atoms with Crippen molar-refractivity contribution in [2.45, 2.75) is 129 Å². The van der Waals surface area contributed by atoms with Crippen LogP contribution in [0.5, 0.6) is 11.5 Å². The molecule has 0 saturated heterocycles. The zero-order valence-electron chi connectivity index (χ0n) is 27.0. The van der Waals surface area contributed by atoms with Gasteiger partial charge in [-0.1, -0.05) is 101 Å². The molecule has 0 aliphatic carbocycles. The van der Waals surface area contributed by atoms with E-state index in [0.29, 0.717) is 0 Å². The van der Waals surface area contributed by atoms with Crippen LogP contribution in [0.4, 0.5) is 0 Å². The first-order chi connectivity index (χ1) is 20.8. The van der Waals surface area contributed by atoms with Crippen LogP contribution in [0.15, 0.2) is 61.2 Å². The summed E-state index contributed by atoms with van der Waals surface area (Å²) in [6.45, 7) is 10.9. The second-order valence-electron chi connectivity index (χ2n) is 11.3. The number of allylic oxidation sites excluding steroid dienone is 1. The number of benzene rings is 2. The number of hydrogen-bond acceptors (Lipinski definition) is 4. The first kappa shape index (κ1) is 35.9. The number of hydrogen-bond donors (Lipinski definition) is 0. The van der Waals surface area contributed by atoms with E-state index in [2.05, 4.69) is 55.1 Å². The van der Waals surface area contributed by atoms with E-state index in [9.17, 15) is 0 Å². The highest BCUT2D eigenvalue weighted by Crippen LogP contribution is 2.25. The zero-order valence-corrected chi connectivity index (χ0v) is 27.0. The van der Waals surface area contributed by atoms with E-state index in [0.717, 1.165) is 63.6 Å². The third kappa shape index (κ3) is 17.6. The first-order valence-corrected chi connectivity index (χ1v) is 17.1. The van der Waals surface area contributed by atoms with E-state index in [1.54, 1.807) is 0 Å². The van der Waals surface area contributed by atoms with Gasteiger partial charge >= 0.3 is 0 Å². The molecule has 2 rings (SSSR count). The zero-order chi connectivity index (χ0) is 29.9. The van der Waals surface area contributed by atoms with Gasteiger partial charge in [0.05, 0.1) is 13.2 Å². The maximum absolute atomic E-state index is 5.99. The third-order valence-corrected chi connectivity index (χ3v) is 7.67. The van der Waals surface area contributed by atoms with Crippen molar-refractivity contribution in [2.24, 2.45) is 0 Å². The van der Waals surface area contributed by atoms with Gasteiger partial charge < -0.3 is 18.9 Å². The number of rotatable bonds is 28. The van der Waals surface area contributed by atoms with E-state index < -0.39 is 0 Å². The van der Waals surface area contributed by atoms with Gasteiger partial charge in [-0.15, -0.1) is 6.58 Å². The fraction of sp³-hybridized carbons (Fsp3) is 0.632. The van der Waals surface area contributed by atoms with E-state index in [1.807, 2.05) is 19.9 Å². The second kappa shape index (κ2) is 25.2. The molecular formula is C38H60O4.